The Morgan fingerprint density at radius 2 is 1.43 bits per heavy atom. The van der Waals surface area contributed by atoms with Crippen LogP contribution in [0, 0.1) is 0 Å². The standard InChI is InChI=1S/C44H63N3O5S/c1-8-9-10-11-12-13-14-15-16-17-18-19-20-24-33-25-23-28-37(51-30(2)3)39(33)41-38(42(48)50-7)32(6)45-36(40(41)43(49)52-31(4)5)29-53-44-46-34-26-21-22-27-35(34)47-44/h21-23,25-28,30-31,41,45H,8-20,24,29H2,1-7H3,(H,46,47). The highest BCUT2D eigenvalue weighted by Gasteiger charge is 2.41. The van der Waals surface area contributed by atoms with Crippen molar-refractivity contribution in [3.63, 3.8) is 0 Å². The Balaban J connectivity index is 1.62. The fourth-order valence-electron chi connectivity index (χ4n) is 7.16. The number of carbonyl (C=O) groups is 2. The van der Waals surface area contributed by atoms with Crippen molar-refractivity contribution in [2.24, 2.45) is 0 Å². The third kappa shape index (κ3) is 12.4. The number of allylic oxidation sites excluding steroid dienone is 1. The number of ether oxygens (including phenoxy) is 3. The van der Waals surface area contributed by atoms with Crippen LogP contribution in [0.25, 0.3) is 11.0 Å². The normalized spacial score (nSPS) is 14.7. The van der Waals surface area contributed by atoms with E-state index in [1.165, 1.54) is 89.5 Å². The van der Waals surface area contributed by atoms with Gasteiger partial charge in [-0.05, 0) is 71.2 Å². The van der Waals surface area contributed by atoms with Gasteiger partial charge in [0, 0.05) is 22.7 Å². The van der Waals surface area contributed by atoms with Crippen molar-refractivity contribution < 1.29 is 23.8 Å². The van der Waals surface area contributed by atoms with Crippen LogP contribution in [0.3, 0.4) is 0 Å². The lowest BCUT2D eigenvalue weighted by Gasteiger charge is -2.34. The molecule has 1 atom stereocenters. The fraction of sp³-hybridized carbons (Fsp3) is 0.568. The molecule has 0 amide bonds. The maximum absolute atomic E-state index is 14.3. The van der Waals surface area contributed by atoms with Gasteiger partial charge in [-0.1, -0.05) is 120 Å². The van der Waals surface area contributed by atoms with Crippen molar-refractivity contribution in [1.29, 1.82) is 0 Å². The zero-order valence-corrected chi connectivity index (χ0v) is 34.1. The highest BCUT2D eigenvalue weighted by Crippen LogP contribution is 2.46. The van der Waals surface area contributed by atoms with E-state index in [0.717, 1.165) is 46.6 Å². The summed E-state index contributed by atoms with van der Waals surface area (Å²) in [7, 11) is 1.38. The molecule has 53 heavy (non-hydrogen) atoms. The van der Waals surface area contributed by atoms with Crippen LogP contribution in [-0.4, -0.2) is 47.0 Å². The lowest BCUT2D eigenvalue weighted by molar-refractivity contribution is -0.143. The fourth-order valence-corrected chi connectivity index (χ4v) is 8.02. The van der Waals surface area contributed by atoms with E-state index in [-0.39, 0.29) is 12.2 Å². The molecule has 0 saturated carbocycles. The van der Waals surface area contributed by atoms with Crippen LogP contribution in [0.1, 0.15) is 142 Å². The van der Waals surface area contributed by atoms with Gasteiger partial charge in [-0.15, -0.1) is 0 Å². The first-order valence-electron chi connectivity index (χ1n) is 20.0. The van der Waals surface area contributed by atoms with E-state index >= 15 is 0 Å². The molecule has 0 radical (unpaired) electrons. The second kappa shape index (κ2) is 21.9. The van der Waals surface area contributed by atoms with Gasteiger partial charge in [0.2, 0.25) is 0 Å². The minimum absolute atomic E-state index is 0.119. The summed E-state index contributed by atoms with van der Waals surface area (Å²) < 4.78 is 17.8. The Bertz CT molecular complexity index is 1660. The van der Waals surface area contributed by atoms with E-state index < -0.39 is 17.9 Å². The topological polar surface area (TPSA) is 103 Å². The predicted molar refractivity (Wildman–Crippen MR) is 217 cm³/mol. The van der Waals surface area contributed by atoms with E-state index in [1.54, 1.807) is 0 Å². The van der Waals surface area contributed by atoms with Gasteiger partial charge in [0.1, 0.15) is 5.75 Å². The number of aryl methyl sites for hydroxylation is 1. The molecule has 1 aliphatic heterocycles. The van der Waals surface area contributed by atoms with E-state index in [2.05, 4.69) is 23.3 Å². The quantitative estimate of drug-likeness (QED) is 0.0562. The van der Waals surface area contributed by atoms with Gasteiger partial charge >= 0.3 is 11.9 Å². The molecule has 0 spiro atoms. The number of para-hydroxylation sites is 2. The van der Waals surface area contributed by atoms with Crippen LogP contribution >= 0.6 is 11.8 Å². The van der Waals surface area contributed by atoms with Gasteiger partial charge in [0.25, 0.3) is 0 Å². The number of hydrogen-bond acceptors (Lipinski definition) is 8. The van der Waals surface area contributed by atoms with Crippen LogP contribution in [0.2, 0.25) is 0 Å². The molecule has 0 saturated heterocycles. The van der Waals surface area contributed by atoms with Gasteiger partial charge in [-0.3, -0.25) is 0 Å². The minimum Gasteiger partial charge on any atom is -0.491 e. The molecule has 0 fully saturated rings. The summed E-state index contributed by atoms with van der Waals surface area (Å²) in [6.45, 7) is 11.8. The molecule has 2 N–H and O–H groups in total. The summed E-state index contributed by atoms with van der Waals surface area (Å²) >= 11 is 1.49. The second-order valence-corrected chi connectivity index (χ2v) is 15.7. The average molecular weight is 746 g/mol. The number of dihydropyridines is 1. The summed E-state index contributed by atoms with van der Waals surface area (Å²) in [4.78, 5) is 36.1. The molecule has 1 unspecified atom stereocenters. The zero-order valence-electron chi connectivity index (χ0n) is 33.3. The van der Waals surface area contributed by atoms with Crippen LogP contribution in [0.15, 0.2) is 70.2 Å². The summed E-state index contributed by atoms with van der Waals surface area (Å²) in [5.74, 6) is -0.671. The molecule has 0 bridgehead atoms. The summed E-state index contributed by atoms with van der Waals surface area (Å²) in [6.07, 6.45) is 17.0. The van der Waals surface area contributed by atoms with Crippen molar-refractivity contribution in [2.75, 3.05) is 12.9 Å². The number of esters is 2. The van der Waals surface area contributed by atoms with E-state index in [4.69, 9.17) is 19.2 Å². The number of unbranched alkanes of at least 4 members (excludes halogenated alkanes) is 12. The van der Waals surface area contributed by atoms with Gasteiger partial charge in [-0.2, -0.15) is 0 Å². The van der Waals surface area contributed by atoms with Crippen LogP contribution in [-0.2, 0) is 25.5 Å². The predicted octanol–water partition coefficient (Wildman–Crippen LogP) is 11.1. The van der Waals surface area contributed by atoms with E-state index in [0.29, 0.717) is 34.0 Å². The molecule has 4 rings (SSSR count). The molecule has 0 aliphatic carbocycles. The highest BCUT2D eigenvalue weighted by atomic mass is 32.2. The first kappa shape index (κ1) is 42.0. The summed E-state index contributed by atoms with van der Waals surface area (Å²) in [5, 5.41) is 4.16. The summed E-state index contributed by atoms with van der Waals surface area (Å²) in [6, 6.07) is 14.0. The molecule has 1 aliphatic rings. The molecular weight excluding hydrogens is 683 g/mol. The maximum Gasteiger partial charge on any atom is 0.337 e. The van der Waals surface area contributed by atoms with Gasteiger partial charge in [0.05, 0.1) is 47.4 Å². The van der Waals surface area contributed by atoms with E-state index in [1.807, 2.05) is 71.0 Å². The number of nitrogens with one attached hydrogen (secondary N) is 2. The molecule has 2 aromatic carbocycles. The number of nitrogens with zero attached hydrogens (tertiary/aromatic N) is 1. The zero-order chi connectivity index (χ0) is 38.2. The second-order valence-electron chi connectivity index (χ2n) is 14.8. The smallest absolute Gasteiger partial charge is 0.337 e. The number of aromatic nitrogens is 2. The molecule has 9 heteroatoms. The number of benzene rings is 2. The van der Waals surface area contributed by atoms with E-state index in [9.17, 15) is 9.59 Å². The number of aromatic amines is 1. The number of carbonyl (C=O) groups excluding carboxylic acids is 2. The monoisotopic (exact) mass is 745 g/mol. The van der Waals surface area contributed by atoms with Gasteiger partial charge < -0.3 is 24.5 Å². The number of H-pyrrole nitrogens is 1. The molecule has 8 nitrogen and oxygen atoms in total. The summed E-state index contributed by atoms with van der Waals surface area (Å²) in [5.41, 5.74) is 5.78. The van der Waals surface area contributed by atoms with Crippen molar-refractivity contribution in [3.8, 4) is 5.75 Å². The molecule has 3 aromatic rings. The first-order chi connectivity index (χ1) is 25.6. The largest absolute Gasteiger partial charge is 0.491 e. The Kier molecular flexibility index (Phi) is 17.3. The molecular formula is C44H63N3O5S. The Labute approximate surface area is 322 Å². The van der Waals surface area contributed by atoms with Crippen molar-refractivity contribution in [2.45, 2.75) is 155 Å². The number of hydrogen-bond donors (Lipinski definition) is 2. The lowest BCUT2D eigenvalue weighted by Crippen LogP contribution is -2.35. The average Bonchev–Trinajstić information content (AvgIpc) is 3.55. The minimum atomic E-state index is -0.756. The first-order valence-corrected chi connectivity index (χ1v) is 21.0. The molecule has 1 aromatic heterocycles. The number of fused-ring (bicyclic) bond motifs is 1. The van der Waals surface area contributed by atoms with Crippen molar-refractivity contribution in [1.82, 2.24) is 15.3 Å². The van der Waals surface area contributed by atoms with Crippen LogP contribution < -0.4 is 10.1 Å². The number of rotatable bonds is 23. The lowest BCUT2D eigenvalue weighted by atomic mass is 9.77. The van der Waals surface area contributed by atoms with Crippen molar-refractivity contribution in [3.05, 3.63) is 76.1 Å². The molecule has 2 heterocycles. The maximum atomic E-state index is 14.3. The highest BCUT2D eigenvalue weighted by molar-refractivity contribution is 7.99. The molecule has 290 valence electrons. The Morgan fingerprint density at radius 3 is 2.04 bits per heavy atom. The Morgan fingerprint density at radius 1 is 0.792 bits per heavy atom. The SMILES string of the molecule is CCCCCCCCCCCCCCCc1cccc(OC(C)C)c1C1C(C(=O)OC)=C(C)NC(CSc2nc3ccccc3[nH]2)=C1C(=O)OC(C)C. The van der Waals surface area contributed by atoms with Crippen LogP contribution in [0.4, 0.5) is 0 Å². The van der Waals surface area contributed by atoms with Gasteiger partial charge in [-0.25, -0.2) is 14.6 Å². The number of methoxy groups -OCH3 is 1. The van der Waals surface area contributed by atoms with Crippen molar-refractivity contribution >= 4 is 34.7 Å². The van der Waals surface area contributed by atoms with Gasteiger partial charge in [0.15, 0.2) is 5.16 Å². The number of thioether (sulfide) groups is 1. The number of imidazole rings is 1. The third-order valence-electron chi connectivity index (χ3n) is 9.69. The third-order valence-corrected chi connectivity index (χ3v) is 10.6. The Hall–Kier alpha value is -3.72. The van der Waals surface area contributed by atoms with Crippen LogP contribution in [0.5, 0.6) is 5.75 Å².